The molecule has 0 radical (unpaired) electrons. The number of benzene rings is 1. The van der Waals surface area contributed by atoms with E-state index in [1.165, 1.54) is 12.1 Å². The van der Waals surface area contributed by atoms with Gasteiger partial charge in [-0.1, -0.05) is 12.1 Å². The van der Waals surface area contributed by atoms with Crippen molar-refractivity contribution >= 4 is 5.91 Å². The fraction of sp³-hybridized carbons (Fsp3) is 0.412. The zero-order valence-corrected chi connectivity index (χ0v) is 13.1. The molecular formula is C17H19F2N3O2. The van der Waals surface area contributed by atoms with Crippen molar-refractivity contribution in [1.82, 2.24) is 14.9 Å². The van der Waals surface area contributed by atoms with E-state index in [-0.39, 0.29) is 30.2 Å². The zero-order chi connectivity index (χ0) is 16.9. The van der Waals surface area contributed by atoms with Crippen LogP contribution in [0.5, 0.6) is 5.75 Å². The highest BCUT2D eigenvalue weighted by atomic mass is 19.3. The SMILES string of the molecule is O=C(Cc1cccc(OC(F)F)c1)N[C@@H]1CCC[C@H]1n1ccnc1. The quantitative estimate of drug-likeness (QED) is 0.883. The first-order chi connectivity index (χ1) is 11.6. The van der Waals surface area contributed by atoms with Crippen LogP contribution < -0.4 is 10.1 Å². The van der Waals surface area contributed by atoms with Crippen molar-refractivity contribution in [3.05, 3.63) is 48.5 Å². The molecule has 0 bridgehead atoms. The van der Waals surface area contributed by atoms with Crippen LogP contribution in [-0.4, -0.2) is 28.1 Å². The second-order valence-corrected chi connectivity index (χ2v) is 5.88. The van der Waals surface area contributed by atoms with Crippen LogP contribution >= 0.6 is 0 Å². The van der Waals surface area contributed by atoms with Crippen LogP contribution in [0.4, 0.5) is 8.78 Å². The number of imidazole rings is 1. The molecule has 1 aliphatic rings. The molecule has 5 nitrogen and oxygen atoms in total. The molecule has 2 atom stereocenters. The standard InChI is InChI=1S/C17H19F2N3O2/c18-17(19)24-13-4-1-3-12(9-13)10-16(23)21-14-5-2-6-15(14)22-8-7-20-11-22/h1,3-4,7-9,11,14-15,17H,2,5-6,10H2,(H,21,23)/t14-,15-/m1/s1. The van der Waals surface area contributed by atoms with Gasteiger partial charge in [-0.3, -0.25) is 4.79 Å². The Hall–Kier alpha value is -2.44. The third-order valence-corrected chi connectivity index (χ3v) is 4.22. The number of nitrogens with one attached hydrogen (secondary N) is 1. The lowest BCUT2D eigenvalue weighted by molar-refractivity contribution is -0.121. The molecule has 128 valence electrons. The van der Waals surface area contributed by atoms with Gasteiger partial charge in [0.2, 0.25) is 5.91 Å². The highest BCUT2D eigenvalue weighted by molar-refractivity contribution is 5.79. The van der Waals surface area contributed by atoms with E-state index in [0.717, 1.165) is 19.3 Å². The Morgan fingerprint density at radius 1 is 1.42 bits per heavy atom. The van der Waals surface area contributed by atoms with E-state index in [1.54, 1.807) is 24.7 Å². The average molecular weight is 335 g/mol. The Bertz CT molecular complexity index is 676. The number of carbonyl (C=O) groups excluding carboxylic acids is 1. The van der Waals surface area contributed by atoms with Crippen molar-refractivity contribution in [2.75, 3.05) is 0 Å². The van der Waals surface area contributed by atoms with E-state index >= 15 is 0 Å². The Balaban J connectivity index is 1.59. The first-order valence-corrected chi connectivity index (χ1v) is 7.92. The average Bonchev–Trinajstić information content (AvgIpc) is 3.17. The smallest absolute Gasteiger partial charge is 0.387 e. The molecule has 1 heterocycles. The highest BCUT2D eigenvalue weighted by Crippen LogP contribution is 2.30. The molecular weight excluding hydrogens is 316 g/mol. The number of aromatic nitrogens is 2. The number of carbonyl (C=O) groups is 1. The minimum atomic E-state index is -2.87. The fourth-order valence-electron chi connectivity index (χ4n) is 3.21. The van der Waals surface area contributed by atoms with Gasteiger partial charge in [0, 0.05) is 18.4 Å². The number of amides is 1. The Labute approximate surface area is 138 Å². The second-order valence-electron chi connectivity index (χ2n) is 5.88. The fourth-order valence-corrected chi connectivity index (χ4v) is 3.21. The number of hydrogen-bond donors (Lipinski definition) is 1. The van der Waals surface area contributed by atoms with Gasteiger partial charge in [-0.05, 0) is 37.0 Å². The van der Waals surface area contributed by atoms with Crippen molar-refractivity contribution in [1.29, 1.82) is 0 Å². The van der Waals surface area contributed by atoms with Crippen LogP contribution in [0, 0.1) is 0 Å². The van der Waals surface area contributed by atoms with Crippen molar-refractivity contribution in [3.8, 4) is 5.75 Å². The van der Waals surface area contributed by atoms with Crippen LogP contribution in [0.15, 0.2) is 43.0 Å². The largest absolute Gasteiger partial charge is 0.435 e. The normalized spacial score (nSPS) is 20.3. The van der Waals surface area contributed by atoms with Gasteiger partial charge in [-0.15, -0.1) is 0 Å². The third-order valence-electron chi connectivity index (χ3n) is 4.22. The number of halogens is 2. The molecule has 0 saturated heterocycles. The van der Waals surface area contributed by atoms with Gasteiger partial charge in [-0.2, -0.15) is 8.78 Å². The maximum atomic E-state index is 12.3. The summed E-state index contributed by atoms with van der Waals surface area (Å²) in [5, 5.41) is 3.05. The number of rotatable bonds is 6. The van der Waals surface area contributed by atoms with Crippen LogP contribution in [0.2, 0.25) is 0 Å². The lowest BCUT2D eigenvalue weighted by atomic mass is 10.1. The van der Waals surface area contributed by atoms with E-state index in [1.807, 2.05) is 10.8 Å². The van der Waals surface area contributed by atoms with Crippen molar-refractivity contribution in [3.63, 3.8) is 0 Å². The van der Waals surface area contributed by atoms with Gasteiger partial charge in [0.05, 0.1) is 18.8 Å². The molecule has 1 aromatic heterocycles. The van der Waals surface area contributed by atoms with E-state index in [9.17, 15) is 13.6 Å². The van der Waals surface area contributed by atoms with Crippen molar-refractivity contribution in [2.45, 2.75) is 44.4 Å². The predicted octanol–water partition coefficient (Wildman–Crippen LogP) is 2.94. The topological polar surface area (TPSA) is 56.1 Å². The first-order valence-electron chi connectivity index (χ1n) is 7.92. The summed E-state index contributed by atoms with van der Waals surface area (Å²) in [6.07, 6.45) is 8.49. The van der Waals surface area contributed by atoms with Gasteiger partial charge in [0.1, 0.15) is 5.75 Å². The number of nitrogens with zero attached hydrogens (tertiary/aromatic N) is 2. The third kappa shape index (κ3) is 4.10. The summed E-state index contributed by atoms with van der Waals surface area (Å²) < 4.78 is 30.9. The lowest BCUT2D eigenvalue weighted by Crippen LogP contribution is -2.38. The molecule has 2 aromatic rings. The van der Waals surface area contributed by atoms with E-state index in [0.29, 0.717) is 5.56 Å². The molecule has 3 rings (SSSR count). The summed E-state index contributed by atoms with van der Waals surface area (Å²) in [5.41, 5.74) is 0.642. The van der Waals surface area contributed by atoms with Crippen molar-refractivity contribution in [2.24, 2.45) is 0 Å². The van der Waals surface area contributed by atoms with Gasteiger partial charge >= 0.3 is 6.61 Å². The molecule has 0 aliphatic heterocycles. The van der Waals surface area contributed by atoms with Crippen LogP contribution in [0.25, 0.3) is 0 Å². The maximum Gasteiger partial charge on any atom is 0.387 e. The zero-order valence-electron chi connectivity index (χ0n) is 13.1. The number of hydrogen-bond acceptors (Lipinski definition) is 3. The summed E-state index contributed by atoms with van der Waals surface area (Å²) in [4.78, 5) is 16.3. The minimum Gasteiger partial charge on any atom is -0.435 e. The van der Waals surface area contributed by atoms with Gasteiger partial charge in [-0.25, -0.2) is 4.98 Å². The second kappa shape index (κ2) is 7.42. The number of ether oxygens (including phenoxy) is 1. The molecule has 7 heteroatoms. The summed E-state index contributed by atoms with van der Waals surface area (Å²) in [6, 6.07) is 6.51. The maximum absolute atomic E-state index is 12.3. The summed E-state index contributed by atoms with van der Waals surface area (Å²) in [5.74, 6) is -0.0614. The molecule has 1 fully saturated rings. The van der Waals surface area contributed by atoms with Gasteiger partial charge in [0.25, 0.3) is 0 Å². The Morgan fingerprint density at radius 2 is 2.29 bits per heavy atom. The van der Waals surface area contributed by atoms with Gasteiger partial charge < -0.3 is 14.6 Å². The summed E-state index contributed by atoms with van der Waals surface area (Å²) in [7, 11) is 0. The van der Waals surface area contributed by atoms with E-state index in [4.69, 9.17) is 0 Å². The Kier molecular flexibility index (Phi) is 5.08. The molecule has 1 aliphatic carbocycles. The van der Waals surface area contributed by atoms with Crippen LogP contribution in [0.1, 0.15) is 30.9 Å². The summed E-state index contributed by atoms with van der Waals surface area (Å²) >= 11 is 0. The monoisotopic (exact) mass is 335 g/mol. The van der Waals surface area contributed by atoms with Crippen LogP contribution in [-0.2, 0) is 11.2 Å². The van der Waals surface area contributed by atoms with Crippen LogP contribution in [0.3, 0.4) is 0 Å². The number of alkyl halides is 2. The molecule has 24 heavy (non-hydrogen) atoms. The van der Waals surface area contributed by atoms with Crippen molar-refractivity contribution < 1.29 is 18.3 Å². The van der Waals surface area contributed by atoms with E-state index in [2.05, 4.69) is 15.0 Å². The van der Waals surface area contributed by atoms with E-state index < -0.39 is 6.61 Å². The molecule has 1 saturated carbocycles. The molecule has 1 N–H and O–H groups in total. The lowest BCUT2D eigenvalue weighted by Gasteiger charge is -2.22. The minimum absolute atomic E-state index is 0.0622. The first kappa shape index (κ1) is 16.4. The highest BCUT2D eigenvalue weighted by Gasteiger charge is 2.29. The summed E-state index contributed by atoms with van der Waals surface area (Å²) in [6.45, 7) is -2.87. The molecule has 0 spiro atoms. The van der Waals surface area contributed by atoms with Gasteiger partial charge in [0.15, 0.2) is 0 Å². The Morgan fingerprint density at radius 3 is 3.04 bits per heavy atom. The predicted molar refractivity (Wildman–Crippen MR) is 83.8 cm³/mol. The molecule has 1 amide bonds. The molecule has 1 aromatic carbocycles. The molecule has 0 unspecified atom stereocenters.